The molecular weight excluding hydrogens is 436 g/mol. The Hall–Kier alpha value is -0.230. The maximum Gasteiger partial charge on any atom is 0.418 e. The van der Waals surface area contributed by atoms with Crippen molar-refractivity contribution >= 4 is 42.3 Å². The maximum atomic E-state index is 12.6. The molecule has 19 heavy (non-hydrogen) atoms. The quantitative estimate of drug-likeness (QED) is 0.373. The second kappa shape index (κ2) is 4.95. The van der Waals surface area contributed by atoms with Crippen molar-refractivity contribution < 1.29 is 34.8 Å². The Morgan fingerprint density at radius 3 is 1.79 bits per heavy atom. The molecule has 0 atom stereocenters. The van der Waals surface area contributed by atoms with E-state index in [2.05, 4.69) is 0 Å². The molecule has 0 radical (unpaired) electrons. The molecule has 0 N–H and O–H groups in total. The lowest BCUT2D eigenvalue weighted by Gasteiger charge is -2.17. The molecule has 0 aromatic heterocycles. The molecule has 0 bridgehead atoms. The molecule has 108 valence electrons. The van der Waals surface area contributed by atoms with Crippen LogP contribution in [-0.2, 0) is 21.4 Å². The van der Waals surface area contributed by atoms with Crippen molar-refractivity contribution in [2.24, 2.45) is 0 Å². The zero-order chi connectivity index (χ0) is 15.2. The number of hydrogen-bond donors (Lipinski definition) is 0. The summed E-state index contributed by atoms with van der Waals surface area (Å²) in [5.41, 5.74) is -4.03. The van der Waals surface area contributed by atoms with E-state index in [4.69, 9.17) is 10.7 Å². The monoisotopic (exact) mass is 438 g/mol. The highest BCUT2D eigenvalue weighted by Crippen LogP contribution is 2.43. The molecule has 0 aliphatic heterocycles. The zero-order valence-electron chi connectivity index (χ0n) is 8.40. The molecule has 2 nitrogen and oxygen atoms in total. The predicted octanol–water partition coefficient (Wildman–Crippen LogP) is 4.26. The molecule has 1 aromatic carbocycles. The number of hydrogen-bond acceptors (Lipinski definition) is 2. The molecular formula is C8H2ClF6IO2S. The first-order valence-corrected chi connectivity index (χ1v) is 7.56. The van der Waals surface area contributed by atoms with Crippen molar-refractivity contribution in [2.45, 2.75) is 17.2 Å². The number of halogens is 8. The van der Waals surface area contributed by atoms with Gasteiger partial charge < -0.3 is 0 Å². The Bertz CT molecular complexity index is 607. The summed E-state index contributed by atoms with van der Waals surface area (Å²) in [5, 5.41) is 0. The third kappa shape index (κ3) is 3.88. The van der Waals surface area contributed by atoms with Crippen LogP contribution in [0.4, 0.5) is 26.3 Å². The van der Waals surface area contributed by atoms with Gasteiger partial charge in [0.2, 0.25) is 0 Å². The largest absolute Gasteiger partial charge is 0.418 e. The van der Waals surface area contributed by atoms with E-state index in [1.54, 1.807) is 0 Å². The topological polar surface area (TPSA) is 34.1 Å². The van der Waals surface area contributed by atoms with E-state index in [0.717, 1.165) is 22.6 Å². The fourth-order valence-corrected chi connectivity index (χ4v) is 3.16. The first-order chi connectivity index (χ1) is 8.24. The molecule has 0 fully saturated rings. The Morgan fingerprint density at radius 1 is 1.00 bits per heavy atom. The predicted molar refractivity (Wildman–Crippen MR) is 62.2 cm³/mol. The summed E-state index contributed by atoms with van der Waals surface area (Å²) in [6.45, 7) is 0. The summed E-state index contributed by atoms with van der Waals surface area (Å²) in [7, 11) is 0.269. The van der Waals surface area contributed by atoms with Gasteiger partial charge in [0.1, 0.15) is 0 Å². The van der Waals surface area contributed by atoms with Gasteiger partial charge >= 0.3 is 12.4 Å². The van der Waals surface area contributed by atoms with Crippen LogP contribution in [0.3, 0.4) is 0 Å². The van der Waals surface area contributed by atoms with Crippen molar-refractivity contribution in [3.8, 4) is 0 Å². The average Bonchev–Trinajstić information content (AvgIpc) is 2.11. The molecule has 11 heteroatoms. The van der Waals surface area contributed by atoms with Gasteiger partial charge in [-0.2, -0.15) is 26.3 Å². The Labute approximate surface area is 121 Å². The Kier molecular flexibility index (Phi) is 4.38. The third-order valence-electron chi connectivity index (χ3n) is 1.93. The fourth-order valence-electron chi connectivity index (χ4n) is 1.23. The maximum absolute atomic E-state index is 12.6. The standard InChI is InChI=1S/C8H2ClF6IO2S/c9-19(17,18)3-1-4(7(10,11)12)6(5(16)2-3)8(13,14)15/h1-2H. The fraction of sp³-hybridized carbons (Fsp3) is 0.250. The van der Waals surface area contributed by atoms with Gasteiger partial charge in [0.25, 0.3) is 9.05 Å². The van der Waals surface area contributed by atoms with Crippen molar-refractivity contribution in [3.63, 3.8) is 0 Å². The van der Waals surface area contributed by atoms with Crippen LogP contribution >= 0.6 is 33.3 Å². The average molecular weight is 439 g/mol. The summed E-state index contributed by atoms with van der Waals surface area (Å²) in [6, 6.07) is 0.300. The van der Waals surface area contributed by atoms with Gasteiger partial charge in [-0.05, 0) is 34.7 Å². The second-order valence-corrected chi connectivity index (χ2v) is 6.99. The third-order valence-corrected chi connectivity index (χ3v) is 4.12. The van der Waals surface area contributed by atoms with Crippen LogP contribution in [0, 0.1) is 3.57 Å². The molecule has 0 aliphatic carbocycles. The first-order valence-electron chi connectivity index (χ1n) is 4.17. The minimum Gasteiger partial charge on any atom is -0.207 e. The molecule has 0 heterocycles. The van der Waals surface area contributed by atoms with Gasteiger partial charge in [-0.3, -0.25) is 0 Å². The zero-order valence-corrected chi connectivity index (χ0v) is 12.1. The highest BCUT2D eigenvalue weighted by molar-refractivity contribution is 14.1. The number of rotatable bonds is 1. The summed E-state index contributed by atoms with van der Waals surface area (Å²) in [4.78, 5) is -1.04. The molecule has 0 spiro atoms. The Balaban J connectivity index is 3.78. The molecule has 0 amide bonds. The normalized spacial score (nSPS) is 13.7. The number of alkyl halides is 6. The van der Waals surface area contributed by atoms with Crippen LogP contribution in [0.5, 0.6) is 0 Å². The minimum absolute atomic E-state index is 0.132. The van der Waals surface area contributed by atoms with Gasteiger partial charge in [0.05, 0.1) is 16.0 Å². The van der Waals surface area contributed by atoms with Gasteiger partial charge in [0.15, 0.2) is 0 Å². The summed E-state index contributed by atoms with van der Waals surface area (Å²) < 4.78 is 96.5. The van der Waals surface area contributed by atoms with Crippen LogP contribution in [0.2, 0.25) is 0 Å². The molecule has 0 saturated heterocycles. The first kappa shape index (κ1) is 16.8. The highest BCUT2D eigenvalue weighted by atomic mass is 127. The van der Waals surface area contributed by atoms with E-state index in [9.17, 15) is 34.8 Å². The summed E-state index contributed by atoms with van der Waals surface area (Å²) >= 11 is 0.974. The van der Waals surface area contributed by atoms with Crippen molar-refractivity contribution in [1.29, 1.82) is 0 Å². The number of benzene rings is 1. The highest BCUT2D eigenvalue weighted by Gasteiger charge is 2.45. The van der Waals surface area contributed by atoms with Crippen LogP contribution in [0.1, 0.15) is 11.1 Å². The molecule has 0 aliphatic rings. The van der Waals surface area contributed by atoms with E-state index in [-0.39, 0.29) is 6.07 Å². The molecule has 0 unspecified atom stereocenters. The van der Waals surface area contributed by atoms with E-state index in [1.165, 1.54) is 0 Å². The van der Waals surface area contributed by atoms with Gasteiger partial charge in [-0.1, -0.05) is 0 Å². The van der Waals surface area contributed by atoms with Crippen molar-refractivity contribution in [1.82, 2.24) is 0 Å². The van der Waals surface area contributed by atoms with Crippen LogP contribution in [-0.4, -0.2) is 8.42 Å². The van der Waals surface area contributed by atoms with Gasteiger partial charge in [0, 0.05) is 14.3 Å². The lowest BCUT2D eigenvalue weighted by molar-refractivity contribution is -0.162. The van der Waals surface area contributed by atoms with Gasteiger partial charge in [-0.25, -0.2) is 8.42 Å². The summed E-state index contributed by atoms with van der Waals surface area (Å²) in [5.74, 6) is 0. The van der Waals surface area contributed by atoms with Crippen LogP contribution in [0.25, 0.3) is 0 Å². The molecule has 0 saturated carbocycles. The van der Waals surface area contributed by atoms with Crippen LogP contribution < -0.4 is 0 Å². The SMILES string of the molecule is O=S(=O)(Cl)c1cc(I)c(C(F)(F)F)c(C(F)(F)F)c1. The lowest BCUT2D eigenvalue weighted by Crippen LogP contribution is -2.19. The van der Waals surface area contributed by atoms with E-state index >= 15 is 0 Å². The van der Waals surface area contributed by atoms with E-state index in [0.29, 0.717) is 6.07 Å². The van der Waals surface area contributed by atoms with Gasteiger partial charge in [-0.15, -0.1) is 0 Å². The molecule has 1 aromatic rings. The second-order valence-electron chi connectivity index (χ2n) is 3.26. The van der Waals surface area contributed by atoms with Crippen LogP contribution in [0.15, 0.2) is 17.0 Å². The molecule has 1 rings (SSSR count). The van der Waals surface area contributed by atoms with Crippen molar-refractivity contribution in [3.05, 3.63) is 26.8 Å². The van der Waals surface area contributed by atoms with E-state index in [1.807, 2.05) is 0 Å². The van der Waals surface area contributed by atoms with E-state index < -0.39 is 41.0 Å². The Morgan fingerprint density at radius 2 is 1.47 bits per heavy atom. The van der Waals surface area contributed by atoms with Crippen molar-refractivity contribution in [2.75, 3.05) is 0 Å². The smallest absolute Gasteiger partial charge is 0.207 e. The summed E-state index contributed by atoms with van der Waals surface area (Å²) in [6.07, 6.45) is -10.6. The minimum atomic E-state index is -5.36. The lowest BCUT2D eigenvalue weighted by atomic mass is 10.1.